The standard InChI is InChI=1S/C8H12O5/c1-5(9)6(8(11)13-3)4-7(10)12-2/h6H,4H2,1-3H3/t6-/m0/s1. The minimum Gasteiger partial charge on any atom is -0.469 e. The molecule has 1 atom stereocenters. The third kappa shape index (κ3) is 3.68. The first-order valence-corrected chi connectivity index (χ1v) is 3.68. The molecule has 13 heavy (non-hydrogen) atoms. The van der Waals surface area contributed by atoms with E-state index in [0.29, 0.717) is 0 Å². The maximum Gasteiger partial charge on any atom is 0.316 e. The largest absolute Gasteiger partial charge is 0.469 e. The maximum absolute atomic E-state index is 11.0. The molecule has 5 heteroatoms. The molecule has 0 heterocycles. The molecule has 0 saturated heterocycles. The van der Waals surface area contributed by atoms with Gasteiger partial charge in [0.1, 0.15) is 11.7 Å². The average molecular weight is 188 g/mol. The van der Waals surface area contributed by atoms with Crippen molar-refractivity contribution in [3.05, 3.63) is 0 Å². The molecular formula is C8H12O5. The van der Waals surface area contributed by atoms with E-state index in [4.69, 9.17) is 0 Å². The monoisotopic (exact) mass is 188 g/mol. The van der Waals surface area contributed by atoms with Gasteiger partial charge in [-0.3, -0.25) is 14.4 Å². The van der Waals surface area contributed by atoms with E-state index in [1.165, 1.54) is 14.0 Å². The van der Waals surface area contributed by atoms with Crippen molar-refractivity contribution in [3.63, 3.8) is 0 Å². The molecular weight excluding hydrogens is 176 g/mol. The van der Waals surface area contributed by atoms with Crippen LogP contribution in [0, 0.1) is 5.92 Å². The van der Waals surface area contributed by atoms with Crippen LogP contribution in [0.1, 0.15) is 13.3 Å². The molecule has 0 aliphatic carbocycles. The van der Waals surface area contributed by atoms with Crippen LogP contribution in [0.4, 0.5) is 0 Å². The zero-order chi connectivity index (χ0) is 10.4. The van der Waals surface area contributed by atoms with Gasteiger partial charge in [0.15, 0.2) is 0 Å². The van der Waals surface area contributed by atoms with Gasteiger partial charge in [0.2, 0.25) is 0 Å². The van der Waals surface area contributed by atoms with E-state index in [9.17, 15) is 14.4 Å². The summed E-state index contributed by atoms with van der Waals surface area (Å²) in [4.78, 5) is 32.6. The van der Waals surface area contributed by atoms with Gasteiger partial charge in [-0.05, 0) is 6.92 Å². The molecule has 0 fully saturated rings. The highest BCUT2D eigenvalue weighted by molar-refractivity contribution is 6.00. The number of Topliss-reactive ketones (excluding diaryl/α,β-unsaturated/α-hetero) is 1. The molecule has 0 bridgehead atoms. The Kier molecular flexibility index (Phi) is 4.72. The number of carbonyl (C=O) groups excluding carboxylic acids is 3. The lowest BCUT2D eigenvalue weighted by molar-refractivity contribution is -0.155. The van der Waals surface area contributed by atoms with Crippen LogP contribution in [0.25, 0.3) is 0 Å². The third-order valence-corrected chi connectivity index (χ3v) is 1.57. The Morgan fingerprint density at radius 3 is 2.00 bits per heavy atom. The van der Waals surface area contributed by atoms with Crippen LogP contribution < -0.4 is 0 Å². The molecule has 74 valence electrons. The van der Waals surface area contributed by atoms with Crippen molar-refractivity contribution in [2.45, 2.75) is 13.3 Å². The SMILES string of the molecule is COC(=O)C[C@@H](C(C)=O)C(=O)OC. The van der Waals surface area contributed by atoms with Crippen molar-refractivity contribution in [1.29, 1.82) is 0 Å². The van der Waals surface area contributed by atoms with Crippen LogP contribution in [0.2, 0.25) is 0 Å². The summed E-state index contributed by atoms with van der Waals surface area (Å²) in [6.45, 7) is 1.23. The van der Waals surface area contributed by atoms with Crippen molar-refractivity contribution in [1.82, 2.24) is 0 Å². The zero-order valence-corrected chi connectivity index (χ0v) is 7.83. The highest BCUT2D eigenvalue weighted by atomic mass is 16.5. The molecule has 5 nitrogen and oxygen atoms in total. The molecule has 0 unspecified atom stereocenters. The second-order valence-electron chi connectivity index (χ2n) is 2.47. The van der Waals surface area contributed by atoms with E-state index in [0.717, 1.165) is 7.11 Å². The van der Waals surface area contributed by atoms with E-state index >= 15 is 0 Å². The molecule has 0 N–H and O–H groups in total. The highest BCUT2D eigenvalue weighted by Gasteiger charge is 2.27. The van der Waals surface area contributed by atoms with E-state index in [-0.39, 0.29) is 6.42 Å². The van der Waals surface area contributed by atoms with Crippen LogP contribution in [0.5, 0.6) is 0 Å². The van der Waals surface area contributed by atoms with Gasteiger partial charge in [-0.25, -0.2) is 0 Å². The van der Waals surface area contributed by atoms with Crippen molar-refractivity contribution >= 4 is 17.7 Å². The molecule has 0 aromatic heterocycles. The number of rotatable bonds is 4. The number of esters is 2. The Labute approximate surface area is 76.0 Å². The molecule has 0 aromatic rings. The fourth-order valence-corrected chi connectivity index (χ4v) is 0.785. The number of carbonyl (C=O) groups is 3. The number of hydrogen-bond donors (Lipinski definition) is 0. The summed E-state index contributed by atoms with van der Waals surface area (Å²) in [5.41, 5.74) is 0. The van der Waals surface area contributed by atoms with Gasteiger partial charge in [-0.1, -0.05) is 0 Å². The summed E-state index contributed by atoms with van der Waals surface area (Å²) in [5.74, 6) is -2.77. The Balaban J connectivity index is 4.35. The first kappa shape index (κ1) is 11.6. The van der Waals surface area contributed by atoms with E-state index < -0.39 is 23.6 Å². The summed E-state index contributed by atoms with van der Waals surface area (Å²) in [6.07, 6.45) is -0.265. The van der Waals surface area contributed by atoms with Gasteiger partial charge >= 0.3 is 11.9 Å². The van der Waals surface area contributed by atoms with Crippen molar-refractivity contribution in [3.8, 4) is 0 Å². The summed E-state index contributed by atoms with van der Waals surface area (Å²) in [7, 11) is 2.35. The number of ether oxygens (including phenoxy) is 2. The Hall–Kier alpha value is -1.39. The Bertz CT molecular complexity index is 221. The van der Waals surface area contributed by atoms with Crippen molar-refractivity contribution in [2.75, 3.05) is 14.2 Å². The smallest absolute Gasteiger partial charge is 0.316 e. The highest BCUT2D eigenvalue weighted by Crippen LogP contribution is 2.07. The van der Waals surface area contributed by atoms with E-state index in [1.807, 2.05) is 0 Å². The lowest BCUT2D eigenvalue weighted by atomic mass is 10.0. The van der Waals surface area contributed by atoms with E-state index in [2.05, 4.69) is 9.47 Å². The Morgan fingerprint density at radius 2 is 1.69 bits per heavy atom. The summed E-state index contributed by atoms with van der Waals surface area (Å²) < 4.78 is 8.68. The minimum absolute atomic E-state index is 0.265. The molecule has 0 saturated carbocycles. The summed E-state index contributed by atoms with van der Waals surface area (Å²) in [6, 6.07) is 0. The van der Waals surface area contributed by atoms with Crippen LogP contribution in [0.15, 0.2) is 0 Å². The molecule has 0 rings (SSSR count). The molecule has 0 aliphatic rings. The lowest BCUT2D eigenvalue weighted by Gasteiger charge is -2.08. The summed E-state index contributed by atoms with van der Waals surface area (Å²) >= 11 is 0. The second-order valence-corrected chi connectivity index (χ2v) is 2.47. The van der Waals surface area contributed by atoms with Gasteiger partial charge in [0, 0.05) is 0 Å². The number of hydrogen-bond acceptors (Lipinski definition) is 5. The third-order valence-electron chi connectivity index (χ3n) is 1.57. The van der Waals surface area contributed by atoms with Crippen LogP contribution in [-0.2, 0) is 23.9 Å². The molecule has 0 amide bonds. The quantitative estimate of drug-likeness (QED) is 0.456. The van der Waals surface area contributed by atoms with Gasteiger partial charge in [-0.2, -0.15) is 0 Å². The van der Waals surface area contributed by atoms with Gasteiger partial charge < -0.3 is 9.47 Å². The van der Waals surface area contributed by atoms with Crippen LogP contribution >= 0.6 is 0 Å². The lowest BCUT2D eigenvalue weighted by Crippen LogP contribution is -2.26. The summed E-state index contributed by atoms with van der Waals surface area (Å²) in [5, 5.41) is 0. The predicted molar refractivity (Wildman–Crippen MR) is 42.8 cm³/mol. The molecule has 0 aliphatic heterocycles. The minimum atomic E-state index is -1.04. The molecule has 0 radical (unpaired) electrons. The normalized spacial score (nSPS) is 11.6. The topological polar surface area (TPSA) is 69.7 Å². The van der Waals surface area contributed by atoms with Crippen molar-refractivity contribution in [2.24, 2.45) is 5.92 Å². The zero-order valence-electron chi connectivity index (χ0n) is 7.83. The number of ketones is 1. The average Bonchev–Trinajstić information content (AvgIpc) is 2.11. The van der Waals surface area contributed by atoms with Crippen molar-refractivity contribution < 1.29 is 23.9 Å². The Morgan fingerprint density at radius 1 is 1.15 bits per heavy atom. The van der Waals surface area contributed by atoms with E-state index in [1.54, 1.807) is 0 Å². The second kappa shape index (κ2) is 5.29. The van der Waals surface area contributed by atoms with Gasteiger partial charge in [0.25, 0.3) is 0 Å². The molecule has 0 spiro atoms. The first-order chi connectivity index (χ1) is 6.02. The van der Waals surface area contributed by atoms with Crippen LogP contribution in [0.3, 0.4) is 0 Å². The van der Waals surface area contributed by atoms with Gasteiger partial charge in [-0.15, -0.1) is 0 Å². The maximum atomic E-state index is 11.0. The van der Waals surface area contributed by atoms with Crippen LogP contribution in [-0.4, -0.2) is 31.9 Å². The fraction of sp³-hybridized carbons (Fsp3) is 0.625. The first-order valence-electron chi connectivity index (χ1n) is 3.68. The fourth-order valence-electron chi connectivity index (χ4n) is 0.785. The van der Waals surface area contributed by atoms with Gasteiger partial charge in [0.05, 0.1) is 20.6 Å². The predicted octanol–water partition coefficient (Wildman–Crippen LogP) is -0.0723. The molecule has 0 aromatic carbocycles. The number of methoxy groups -OCH3 is 2.